The van der Waals surface area contributed by atoms with Gasteiger partial charge in [0.15, 0.2) is 0 Å². The van der Waals surface area contributed by atoms with E-state index in [2.05, 4.69) is 17.1 Å². The highest BCUT2D eigenvalue weighted by Crippen LogP contribution is 2.28. The second-order valence-electron chi connectivity index (χ2n) is 6.86. The molecule has 1 heterocycles. The molecule has 6 heteroatoms. The first-order valence-corrected chi connectivity index (χ1v) is 9.49. The molecule has 140 valence electrons. The fraction of sp³-hybridized carbons (Fsp3) is 0.632. The minimum atomic E-state index is -0.108. The van der Waals surface area contributed by atoms with E-state index in [4.69, 9.17) is 16.3 Å². The van der Waals surface area contributed by atoms with Crippen LogP contribution in [0, 0.1) is 0 Å². The molecule has 0 radical (unpaired) electrons. The highest BCUT2D eigenvalue weighted by atomic mass is 35.5. The van der Waals surface area contributed by atoms with E-state index < -0.39 is 0 Å². The van der Waals surface area contributed by atoms with Gasteiger partial charge in [0.2, 0.25) is 0 Å². The van der Waals surface area contributed by atoms with Crippen LogP contribution in [0.2, 0.25) is 5.02 Å². The standard InChI is InChI=1S/C19H30ClN3O2/c1-4-10-23-11-7-16(8-12-23)25-18-6-5-15(14-17(18)20)19(24)21-9-13-22(2)3/h5-6,14,16H,4,7-13H2,1-3H3,(H,21,24). The van der Waals surface area contributed by atoms with Gasteiger partial charge in [-0.1, -0.05) is 18.5 Å². The molecule has 1 aliphatic rings. The fourth-order valence-corrected chi connectivity index (χ4v) is 3.20. The summed E-state index contributed by atoms with van der Waals surface area (Å²) in [5.41, 5.74) is 0.564. The van der Waals surface area contributed by atoms with Crippen LogP contribution < -0.4 is 10.1 Å². The van der Waals surface area contributed by atoms with Gasteiger partial charge in [-0.15, -0.1) is 0 Å². The average molecular weight is 368 g/mol. The zero-order valence-electron chi connectivity index (χ0n) is 15.6. The molecule has 1 saturated heterocycles. The van der Waals surface area contributed by atoms with E-state index in [-0.39, 0.29) is 12.0 Å². The van der Waals surface area contributed by atoms with E-state index in [0.717, 1.165) is 39.0 Å². The number of carbonyl (C=O) groups excluding carboxylic acids is 1. The quantitative estimate of drug-likeness (QED) is 0.767. The second-order valence-corrected chi connectivity index (χ2v) is 7.27. The van der Waals surface area contributed by atoms with Gasteiger partial charge in [-0.2, -0.15) is 0 Å². The van der Waals surface area contributed by atoms with Gasteiger partial charge in [0.1, 0.15) is 11.9 Å². The Balaban J connectivity index is 1.86. The maximum absolute atomic E-state index is 12.1. The number of rotatable bonds is 8. The number of halogens is 1. The molecular weight excluding hydrogens is 338 g/mol. The number of likely N-dealkylation sites (tertiary alicyclic amines) is 1. The number of piperidine rings is 1. The van der Waals surface area contributed by atoms with Crippen LogP contribution in [0.25, 0.3) is 0 Å². The highest BCUT2D eigenvalue weighted by Gasteiger charge is 2.21. The molecule has 1 amide bonds. The molecule has 0 atom stereocenters. The number of nitrogens with one attached hydrogen (secondary N) is 1. The van der Waals surface area contributed by atoms with Crippen molar-refractivity contribution in [2.45, 2.75) is 32.3 Å². The molecule has 1 fully saturated rings. The smallest absolute Gasteiger partial charge is 0.251 e. The minimum absolute atomic E-state index is 0.108. The Morgan fingerprint density at radius 3 is 2.68 bits per heavy atom. The van der Waals surface area contributed by atoms with E-state index in [0.29, 0.717) is 22.9 Å². The van der Waals surface area contributed by atoms with Crippen molar-refractivity contribution in [3.05, 3.63) is 28.8 Å². The summed E-state index contributed by atoms with van der Waals surface area (Å²) in [6.07, 6.45) is 3.42. The number of likely N-dealkylation sites (N-methyl/N-ethyl adjacent to an activating group) is 1. The molecule has 1 aromatic carbocycles. The van der Waals surface area contributed by atoms with Crippen LogP contribution in [0.1, 0.15) is 36.5 Å². The third kappa shape index (κ3) is 6.49. The van der Waals surface area contributed by atoms with Crippen LogP contribution in [0.15, 0.2) is 18.2 Å². The fourth-order valence-electron chi connectivity index (χ4n) is 2.98. The van der Waals surface area contributed by atoms with Gasteiger partial charge in [-0.25, -0.2) is 0 Å². The van der Waals surface area contributed by atoms with Crippen molar-refractivity contribution >= 4 is 17.5 Å². The molecule has 0 aliphatic carbocycles. The second kappa shape index (κ2) is 10.00. The zero-order valence-corrected chi connectivity index (χ0v) is 16.3. The highest BCUT2D eigenvalue weighted by molar-refractivity contribution is 6.32. The molecular formula is C19H30ClN3O2. The third-order valence-corrected chi connectivity index (χ3v) is 4.70. The lowest BCUT2D eigenvalue weighted by Gasteiger charge is -2.32. The molecule has 5 nitrogen and oxygen atoms in total. The molecule has 1 N–H and O–H groups in total. The molecule has 25 heavy (non-hydrogen) atoms. The summed E-state index contributed by atoms with van der Waals surface area (Å²) in [5.74, 6) is 0.559. The van der Waals surface area contributed by atoms with Crippen molar-refractivity contribution in [3.63, 3.8) is 0 Å². The Labute approximate surface area is 156 Å². The summed E-state index contributed by atoms with van der Waals surface area (Å²) in [6.45, 7) is 6.92. The number of hydrogen-bond donors (Lipinski definition) is 1. The Morgan fingerprint density at radius 1 is 1.36 bits per heavy atom. The minimum Gasteiger partial charge on any atom is -0.489 e. The van der Waals surface area contributed by atoms with Crippen molar-refractivity contribution in [2.24, 2.45) is 0 Å². The van der Waals surface area contributed by atoms with Crippen LogP contribution >= 0.6 is 11.6 Å². The summed E-state index contributed by atoms with van der Waals surface area (Å²) in [6, 6.07) is 5.27. The molecule has 0 spiro atoms. The predicted molar refractivity (Wildman–Crippen MR) is 103 cm³/mol. The lowest BCUT2D eigenvalue weighted by Crippen LogP contribution is -2.38. The van der Waals surface area contributed by atoms with Crippen molar-refractivity contribution in [3.8, 4) is 5.75 Å². The Kier molecular flexibility index (Phi) is 8.00. The van der Waals surface area contributed by atoms with Crippen molar-refractivity contribution in [1.29, 1.82) is 0 Å². The van der Waals surface area contributed by atoms with Crippen LogP contribution in [-0.2, 0) is 0 Å². The molecule has 0 saturated carbocycles. The maximum Gasteiger partial charge on any atom is 0.251 e. The van der Waals surface area contributed by atoms with Gasteiger partial charge in [0.25, 0.3) is 5.91 Å². The number of amides is 1. The number of benzene rings is 1. The Hall–Kier alpha value is -1.30. The lowest BCUT2D eigenvalue weighted by atomic mass is 10.1. The van der Waals surface area contributed by atoms with Crippen molar-refractivity contribution in [1.82, 2.24) is 15.1 Å². The summed E-state index contributed by atoms with van der Waals surface area (Å²) < 4.78 is 6.06. The topological polar surface area (TPSA) is 44.8 Å². The largest absolute Gasteiger partial charge is 0.489 e. The lowest BCUT2D eigenvalue weighted by molar-refractivity contribution is 0.0950. The van der Waals surface area contributed by atoms with Crippen molar-refractivity contribution < 1.29 is 9.53 Å². The first-order chi connectivity index (χ1) is 12.0. The molecule has 1 aromatic rings. The van der Waals surface area contributed by atoms with E-state index in [1.54, 1.807) is 12.1 Å². The summed E-state index contributed by atoms with van der Waals surface area (Å²) >= 11 is 6.33. The molecule has 0 aromatic heterocycles. The van der Waals surface area contributed by atoms with E-state index >= 15 is 0 Å². The van der Waals surface area contributed by atoms with Gasteiger partial charge in [0.05, 0.1) is 5.02 Å². The predicted octanol–water partition coefficient (Wildman–Crippen LogP) is 2.88. The summed E-state index contributed by atoms with van der Waals surface area (Å²) in [5, 5.41) is 3.39. The molecule has 0 unspecified atom stereocenters. The van der Waals surface area contributed by atoms with Crippen LogP contribution in [0.3, 0.4) is 0 Å². The van der Waals surface area contributed by atoms with Crippen LogP contribution in [0.4, 0.5) is 0 Å². The first kappa shape index (κ1) is 20.0. The number of nitrogens with zero attached hydrogens (tertiary/aromatic N) is 2. The van der Waals surface area contributed by atoms with E-state index in [9.17, 15) is 4.79 Å². The van der Waals surface area contributed by atoms with Gasteiger partial charge < -0.3 is 19.9 Å². The van der Waals surface area contributed by atoms with Crippen molar-refractivity contribution in [2.75, 3.05) is 46.8 Å². The van der Waals surface area contributed by atoms with Gasteiger partial charge in [0, 0.05) is 31.7 Å². The summed E-state index contributed by atoms with van der Waals surface area (Å²) in [4.78, 5) is 16.6. The maximum atomic E-state index is 12.1. The third-order valence-electron chi connectivity index (χ3n) is 4.41. The Bertz CT molecular complexity index is 558. The SMILES string of the molecule is CCCN1CCC(Oc2ccc(C(=O)NCCN(C)C)cc2Cl)CC1. The molecule has 2 rings (SSSR count). The van der Waals surface area contributed by atoms with E-state index in [1.807, 2.05) is 25.1 Å². The van der Waals surface area contributed by atoms with E-state index in [1.165, 1.54) is 6.42 Å². The van der Waals surface area contributed by atoms with Crippen LogP contribution in [0.5, 0.6) is 5.75 Å². The summed E-state index contributed by atoms with van der Waals surface area (Å²) in [7, 11) is 3.95. The number of ether oxygens (including phenoxy) is 1. The molecule has 0 bridgehead atoms. The van der Waals surface area contributed by atoms with Gasteiger partial charge in [-0.3, -0.25) is 4.79 Å². The Morgan fingerprint density at radius 2 is 2.08 bits per heavy atom. The molecule has 1 aliphatic heterocycles. The van der Waals surface area contributed by atoms with Gasteiger partial charge in [-0.05, 0) is 58.1 Å². The first-order valence-electron chi connectivity index (χ1n) is 9.11. The average Bonchev–Trinajstić information content (AvgIpc) is 2.58. The number of carbonyl (C=O) groups is 1. The zero-order chi connectivity index (χ0) is 18.2. The number of hydrogen-bond acceptors (Lipinski definition) is 4. The normalized spacial score (nSPS) is 16.2. The monoisotopic (exact) mass is 367 g/mol. The van der Waals surface area contributed by atoms with Crippen LogP contribution in [-0.4, -0.2) is 68.6 Å². The van der Waals surface area contributed by atoms with Gasteiger partial charge >= 0.3 is 0 Å².